The quantitative estimate of drug-likeness (QED) is 0.534. The smallest absolute Gasteiger partial charge is 0.350 e. The van der Waals surface area contributed by atoms with Crippen LogP contribution in [0.25, 0.3) is 0 Å². The maximum Gasteiger partial charge on any atom is 0.350 e. The van der Waals surface area contributed by atoms with Crippen molar-refractivity contribution in [1.29, 1.82) is 0 Å². The number of nitrogens with zero attached hydrogens (tertiary/aromatic N) is 1. The number of carbonyl (C=O) groups excluding carboxylic acids is 2. The summed E-state index contributed by atoms with van der Waals surface area (Å²) in [6.07, 6.45) is 4.30. The van der Waals surface area contributed by atoms with Gasteiger partial charge in [-0.1, -0.05) is 44.9 Å². The number of thiazole rings is 1. The van der Waals surface area contributed by atoms with Crippen LogP contribution in [0, 0.1) is 0 Å². The Morgan fingerprint density at radius 1 is 1.21 bits per heavy atom. The van der Waals surface area contributed by atoms with Crippen LogP contribution in [0.5, 0.6) is 0 Å². The van der Waals surface area contributed by atoms with E-state index < -0.39 is 5.97 Å². The Bertz CT molecular complexity index is 541. The van der Waals surface area contributed by atoms with Crippen molar-refractivity contribution in [2.75, 3.05) is 19.0 Å². The molecule has 1 heterocycles. The Labute approximate surface area is 154 Å². The highest BCUT2D eigenvalue weighted by atomic mass is 35.5. The van der Waals surface area contributed by atoms with Crippen molar-refractivity contribution in [3.8, 4) is 0 Å². The van der Waals surface area contributed by atoms with Crippen LogP contribution in [-0.4, -0.2) is 30.5 Å². The molecule has 1 aromatic rings. The third-order valence-electron chi connectivity index (χ3n) is 3.31. The van der Waals surface area contributed by atoms with Gasteiger partial charge in [0.25, 0.3) is 0 Å². The number of nitrogens with two attached hydrogens (primary N) is 1. The SMILES string of the molecule is COC(=O)c1sc(NC(=O)CCCCCCN)nc1C(C)(C)C.Cl. The lowest BCUT2D eigenvalue weighted by Gasteiger charge is -2.16. The zero-order valence-corrected chi connectivity index (χ0v) is 16.4. The molecular formula is C16H28ClN3O3S. The third-order valence-corrected chi connectivity index (χ3v) is 4.26. The summed E-state index contributed by atoms with van der Waals surface area (Å²) in [6, 6.07) is 0. The molecule has 3 N–H and O–H groups in total. The highest BCUT2D eigenvalue weighted by molar-refractivity contribution is 7.17. The van der Waals surface area contributed by atoms with Crippen LogP contribution in [-0.2, 0) is 14.9 Å². The van der Waals surface area contributed by atoms with Gasteiger partial charge >= 0.3 is 5.97 Å². The van der Waals surface area contributed by atoms with Gasteiger partial charge in [0.1, 0.15) is 4.88 Å². The molecule has 0 atom stereocenters. The standard InChI is InChI=1S/C16H27N3O3S.ClH/c1-16(2,3)13-12(14(21)22-4)23-15(19-13)18-11(20)9-7-5-6-8-10-17;/h5-10,17H2,1-4H3,(H,18,19,20);1H. The molecule has 0 saturated carbocycles. The summed E-state index contributed by atoms with van der Waals surface area (Å²) in [7, 11) is 1.34. The Kier molecular flexibility index (Phi) is 10.1. The molecule has 0 fully saturated rings. The van der Waals surface area contributed by atoms with Crippen LogP contribution in [0.15, 0.2) is 0 Å². The first-order valence-electron chi connectivity index (χ1n) is 7.89. The van der Waals surface area contributed by atoms with Gasteiger partial charge in [0, 0.05) is 11.8 Å². The Morgan fingerprint density at radius 3 is 2.38 bits per heavy atom. The topological polar surface area (TPSA) is 94.3 Å². The minimum Gasteiger partial charge on any atom is -0.465 e. The molecule has 0 aliphatic rings. The van der Waals surface area contributed by atoms with E-state index in [-0.39, 0.29) is 23.7 Å². The Morgan fingerprint density at radius 2 is 1.83 bits per heavy atom. The molecule has 0 aromatic carbocycles. The average molecular weight is 378 g/mol. The Hall–Kier alpha value is -1.18. The van der Waals surface area contributed by atoms with E-state index in [1.54, 1.807) is 0 Å². The van der Waals surface area contributed by atoms with Crippen LogP contribution >= 0.6 is 23.7 Å². The van der Waals surface area contributed by atoms with Gasteiger partial charge in [-0.25, -0.2) is 9.78 Å². The number of esters is 1. The van der Waals surface area contributed by atoms with E-state index in [4.69, 9.17) is 10.5 Å². The number of hydrogen-bond acceptors (Lipinski definition) is 6. The largest absolute Gasteiger partial charge is 0.465 e. The molecule has 8 heteroatoms. The predicted octanol–water partition coefficient (Wildman–Crippen LogP) is 3.50. The van der Waals surface area contributed by atoms with Gasteiger partial charge in [-0.3, -0.25) is 4.79 Å². The second kappa shape index (κ2) is 10.6. The first-order valence-corrected chi connectivity index (χ1v) is 8.70. The molecule has 0 unspecified atom stereocenters. The number of hydrogen-bond donors (Lipinski definition) is 2. The number of carbonyl (C=O) groups is 2. The number of anilines is 1. The van der Waals surface area contributed by atoms with Gasteiger partial charge in [0.15, 0.2) is 5.13 Å². The van der Waals surface area contributed by atoms with Crippen molar-refractivity contribution >= 4 is 40.8 Å². The van der Waals surface area contributed by atoms with E-state index in [1.165, 1.54) is 7.11 Å². The summed E-state index contributed by atoms with van der Waals surface area (Å²) >= 11 is 1.16. The van der Waals surface area contributed by atoms with Crippen molar-refractivity contribution in [3.63, 3.8) is 0 Å². The zero-order chi connectivity index (χ0) is 17.5. The van der Waals surface area contributed by atoms with E-state index in [1.807, 2.05) is 20.8 Å². The molecule has 0 aliphatic carbocycles. The first-order chi connectivity index (χ1) is 10.8. The molecule has 138 valence electrons. The lowest BCUT2D eigenvalue weighted by molar-refractivity contribution is -0.116. The van der Waals surface area contributed by atoms with Crippen LogP contribution in [0.4, 0.5) is 5.13 Å². The number of ether oxygens (including phenoxy) is 1. The molecule has 0 saturated heterocycles. The summed E-state index contributed by atoms with van der Waals surface area (Å²) in [5.74, 6) is -0.502. The molecule has 0 bridgehead atoms. The molecule has 1 amide bonds. The van der Waals surface area contributed by atoms with E-state index in [0.29, 0.717) is 28.7 Å². The second-order valence-corrected chi connectivity index (χ2v) is 7.44. The Balaban J connectivity index is 0.00000529. The summed E-state index contributed by atoms with van der Waals surface area (Å²) in [5, 5.41) is 3.23. The van der Waals surface area contributed by atoms with Crippen molar-refractivity contribution in [2.45, 2.75) is 58.3 Å². The highest BCUT2D eigenvalue weighted by Crippen LogP contribution is 2.32. The summed E-state index contributed by atoms with van der Waals surface area (Å²) in [5.41, 5.74) is 5.78. The summed E-state index contributed by atoms with van der Waals surface area (Å²) in [6.45, 7) is 6.60. The van der Waals surface area contributed by atoms with Crippen molar-refractivity contribution in [2.24, 2.45) is 5.73 Å². The second-order valence-electron chi connectivity index (χ2n) is 6.44. The molecule has 1 rings (SSSR count). The number of methoxy groups -OCH3 is 1. The molecular weight excluding hydrogens is 350 g/mol. The molecule has 0 aliphatic heterocycles. The van der Waals surface area contributed by atoms with E-state index in [0.717, 1.165) is 37.0 Å². The number of halogens is 1. The van der Waals surface area contributed by atoms with E-state index in [9.17, 15) is 9.59 Å². The number of nitrogens with one attached hydrogen (secondary N) is 1. The molecule has 0 radical (unpaired) electrons. The van der Waals surface area contributed by atoms with E-state index >= 15 is 0 Å². The highest BCUT2D eigenvalue weighted by Gasteiger charge is 2.28. The lowest BCUT2D eigenvalue weighted by atomic mass is 9.91. The summed E-state index contributed by atoms with van der Waals surface area (Å²) < 4.78 is 4.80. The first kappa shape index (κ1) is 22.8. The number of rotatable bonds is 8. The monoisotopic (exact) mass is 377 g/mol. The number of amides is 1. The van der Waals surface area contributed by atoms with Gasteiger partial charge in [-0.05, 0) is 19.4 Å². The molecule has 6 nitrogen and oxygen atoms in total. The lowest BCUT2D eigenvalue weighted by Crippen LogP contribution is -2.17. The van der Waals surface area contributed by atoms with Crippen LogP contribution in [0.3, 0.4) is 0 Å². The summed E-state index contributed by atoms with van der Waals surface area (Å²) in [4.78, 5) is 28.7. The van der Waals surface area contributed by atoms with Crippen LogP contribution < -0.4 is 11.1 Å². The maximum absolute atomic E-state index is 12.0. The molecule has 0 spiro atoms. The van der Waals surface area contributed by atoms with Crippen molar-refractivity contribution in [3.05, 3.63) is 10.6 Å². The van der Waals surface area contributed by atoms with Gasteiger partial charge in [-0.2, -0.15) is 0 Å². The average Bonchev–Trinajstić information content (AvgIpc) is 2.90. The van der Waals surface area contributed by atoms with Gasteiger partial charge in [0.05, 0.1) is 12.8 Å². The van der Waals surface area contributed by atoms with Gasteiger partial charge in [-0.15, -0.1) is 12.4 Å². The number of unbranched alkanes of at least 4 members (excludes halogenated alkanes) is 3. The van der Waals surface area contributed by atoms with Gasteiger partial charge < -0.3 is 15.8 Å². The fourth-order valence-electron chi connectivity index (χ4n) is 2.08. The maximum atomic E-state index is 12.0. The van der Waals surface area contributed by atoms with Crippen LogP contribution in [0.2, 0.25) is 0 Å². The fourth-order valence-corrected chi connectivity index (χ4v) is 3.19. The van der Waals surface area contributed by atoms with Crippen molar-refractivity contribution < 1.29 is 14.3 Å². The predicted molar refractivity (Wildman–Crippen MR) is 100 cm³/mol. The minimum atomic E-state index is -0.422. The minimum absolute atomic E-state index is 0. The third kappa shape index (κ3) is 7.15. The molecule has 1 aromatic heterocycles. The van der Waals surface area contributed by atoms with E-state index in [2.05, 4.69) is 10.3 Å². The normalized spacial score (nSPS) is 10.9. The molecule has 24 heavy (non-hydrogen) atoms. The fraction of sp³-hybridized carbons (Fsp3) is 0.688. The zero-order valence-electron chi connectivity index (χ0n) is 14.8. The van der Waals surface area contributed by atoms with Crippen molar-refractivity contribution in [1.82, 2.24) is 4.98 Å². The van der Waals surface area contributed by atoms with Crippen LogP contribution in [0.1, 0.15) is 68.2 Å². The van der Waals surface area contributed by atoms with Gasteiger partial charge in [0.2, 0.25) is 5.91 Å². The number of aromatic nitrogens is 1.